The molecule has 0 atom stereocenters. The predicted molar refractivity (Wildman–Crippen MR) is 121 cm³/mol. The van der Waals surface area contributed by atoms with Gasteiger partial charge in [-0.3, -0.25) is 0 Å². The average Bonchev–Trinajstić information content (AvgIpc) is 2.81. The molecule has 3 aromatic rings. The van der Waals surface area contributed by atoms with Crippen molar-refractivity contribution in [2.24, 2.45) is 0 Å². The molecule has 0 fully saturated rings. The third kappa shape index (κ3) is 6.81. The first-order valence-corrected chi connectivity index (χ1v) is 11.1. The molecule has 0 aromatic heterocycles. The Kier molecular flexibility index (Phi) is 8.89. The van der Waals surface area contributed by atoms with Crippen LogP contribution in [-0.4, -0.2) is 6.61 Å². The number of rotatable bonds is 12. The van der Waals surface area contributed by atoms with Crippen molar-refractivity contribution in [1.82, 2.24) is 0 Å². The first kappa shape index (κ1) is 22.8. The molecule has 0 bridgehead atoms. The van der Waals surface area contributed by atoms with E-state index in [0.717, 1.165) is 24.8 Å². The normalized spacial score (nSPS) is 10.8. The summed E-state index contributed by atoms with van der Waals surface area (Å²) in [4.78, 5) is 0. The first-order chi connectivity index (χ1) is 15.2. The number of benzene rings is 3. The van der Waals surface area contributed by atoms with Gasteiger partial charge >= 0.3 is 0 Å². The van der Waals surface area contributed by atoms with Crippen LogP contribution in [0.25, 0.3) is 11.1 Å². The Morgan fingerprint density at radius 2 is 1.39 bits per heavy atom. The van der Waals surface area contributed by atoms with Gasteiger partial charge in [0.15, 0.2) is 11.6 Å². The number of hydrogen-bond donors (Lipinski definition) is 0. The predicted octanol–water partition coefficient (Wildman–Crippen LogP) is 7.95. The Hall–Kier alpha value is -2.88. The Balaban J connectivity index is 1.55. The van der Waals surface area contributed by atoms with Crippen molar-refractivity contribution in [2.45, 2.75) is 52.1 Å². The fourth-order valence-corrected chi connectivity index (χ4v) is 3.40. The van der Waals surface area contributed by atoms with E-state index in [1.807, 2.05) is 30.3 Å². The first-order valence-electron chi connectivity index (χ1n) is 11.1. The Bertz CT molecular complexity index is 924. The van der Waals surface area contributed by atoms with Crippen LogP contribution in [0.5, 0.6) is 11.5 Å². The number of hydrogen-bond acceptors (Lipinski definition) is 2. The van der Waals surface area contributed by atoms with Gasteiger partial charge in [0.05, 0.1) is 6.61 Å². The smallest absolute Gasteiger partial charge is 0.201 e. The van der Waals surface area contributed by atoms with E-state index in [0.29, 0.717) is 24.5 Å². The zero-order chi connectivity index (χ0) is 21.9. The van der Waals surface area contributed by atoms with Gasteiger partial charge in [-0.1, -0.05) is 81.5 Å². The Labute approximate surface area is 183 Å². The summed E-state index contributed by atoms with van der Waals surface area (Å²) in [5.74, 6) is -1.18. The van der Waals surface area contributed by atoms with Crippen LogP contribution in [-0.2, 0) is 6.61 Å². The zero-order valence-corrected chi connectivity index (χ0v) is 18.1. The van der Waals surface area contributed by atoms with E-state index in [9.17, 15) is 8.78 Å². The molecule has 3 aromatic carbocycles. The fourth-order valence-electron chi connectivity index (χ4n) is 3.40. The SMILES string of the molecule is CCCCCCCCOc1ccc(-c2ccc(OCc3ccccc3)cc2)c(F)c1F. The van der Waals surface area contributed by atoms with Crippen LogP contribution in [0, 0.1) is 11.6 Å². The summed E-state index contributed by atoms with van der Waals surface area (Å²) in [5, 5.41) is 0. The summed E-state index contributed by atoms with van der Waals surface area (Å²) < 4.78 is 40.4. The molecule has 164 valence electrons. The molecule has 0 saturated heterocycles. The topological polar surface area (TPSA) is 18.5 Å². The lowest BCUT2D eigenvalue weighted by Crippen LogP contribution is -2.02. The molecule has 0 saturated carbocycles. The molecular weight excluding hydrogens is 394 g/mol. The van der Waals surface area contributed by atoms with Crippen molar-refractivity contribution in [3.63, 3.8) is 0 Å². The fraction of sp³-hybridized carbons (Fsp3) is 0.333. The van der Waals surface area contributed by atoms with Gasteiger partial charge in [0.2, 0.25) is 5.82 Å². The minimum absolute atomic E-state index is 0.0300. The summed E-state index contributed by atoms with van der Waals surface area (Å²) in [6, 6.07) is 19.9. The second-order valence-corrected chi connectivity index (χ2v) is 7.65. The standard InChI is InChI=1S/C27H30F2O2/c1-2-3-4-5-6-10-19-30-25-18-17-24(26(28)27(25)29)22-13-15-23(16-14-22)31-20-21-11-8-7-9-12-21/h7-9,11-18H,2-6,10,19-20H2,1H3. The van der Waals surface area contributed by atoms with Gasteiger partial charge in [0.25, 0.3) is 0 Å². The van der Waals surface area contributed by atoms with E-state index in [1.54, 1.807) is 30.3 Å². The van der Waals surface area contributed by atoms with Gasteiger partial charge in [-0.2, -0.15) is 4.39 Å². The van der Waals surface area contributed by atoms with Crippen LogP contribution < -0.4 is 9.47 Å². The Morgan fingerprint density at radius 3 is 2.13 bits per heavy atom. The number of halogens is 2. The molecule has 0 spiro atoms. The summed E-state index contributed by atoms with van der Waals surface area (Å²) in [7, 11) is 0. The van der Waals surface area contributed by atoms with Gasteiger partial charge in [-0.25, -0.2) is 4.39 Å². The molecule has 0 aliphatic carbocycles. The van der Waals surface area contributed by atoms with E-state index in [-0.39, 0.29) is 11.3 Å². The van der Waals surface area contributed by atoms with Crippen LogP contribution >= 0.6 is 0 Å². The van der Waals surface area contributed by atoms with Crippen LogP contribution in [0.2, 0.25) is 0 Å². The van der Waals surface area contributed by atoms with Crippen LogP contribution in [0.1, 0.15) is 51.0 Å². The van der Waals surface area contributed by atoms with Crippen LogP contribution in [0.3, 0.4) is 0 Å². The van der Waals surface area contributed by atoms with E-state index in [4.69, 9.17) is 9.47 Å². The molecule has 2 nitrogen and oxygen atoms in total. The lowest BCUT2D eigenvalue weighted by Gasteiger charge is -2.11. The van der Waals surface area contributed by atoms with Crippen LogP contribution in [0.15, 0.2) is 66.7 Å². The molecule has 0 aliphatic rings. The molecular formula is C27H30F2O2. The van der Waals surface area contributed by atoms with Crippen molar-refractivity contribution in [3.05, 3.63) is 83.9 Å². The largest absolute Gasteiger partial charge is 0.490 e. The van der Waals surface area contributed by atoms with E-state index < -0.39 is 11.6 Å². The molecule has 0 unspecified atom stereocenters. The quantitative estimate of drug-likeness (QED) is 0.275. The second-order valence-electron chi connectivity index (χ2n) is 7.65. The summed E-state index contributed by atoms with van der Waals surface area (Å²) in [5.41, 5.74) is 1.86. The van der Waals surface area contributed by atoms with Crippen molar-refractivity contribution in [2.75, 3.05) is 6.61 Å². The minimum atomic E-state index is -0.937. The average molecular weight is 425 g/mol. The highest BCUT2D eigenvalue weighted by molar-refractivity contribution is 5.66. The Morgan fingerprint density at radius 1 is 0.677 bits per heavy atom. The zero-order valence-electron chi connectivity index (χ0n) is 18.1. The second kappa shape index (κ2) is 12.1. The molecule has 31 heavy (non-hydrogen) atoms. The highest BCUT2D eigenvalue weighted by atomic mass is 19.2. The van der Waals surface area contributed by atoms with Crippen molar-refractivity contribution in [1.29, 1.82) is 0 Å². The van der Waals surface area contributed by atoms with E-state index in [2.05, 4.69) is 6.92 Å². The van der Waals surface area contributed by atoms with Gasteiger partial charge in [0, 0.05) is 5.56 Å². The molecule has 0 N–H and O–H groups in total. The van der Waals surface area contributed by atoms with E-state index >= 15 is 0 Å². The molecule has 3 rings (SSSR count). The summed E-state index contributed by atoms with van der Waals surface area (Å²) >= 11 is 0. The minimum Gasteiger partial charge on any atom is -0.490 e. The summed E-state index contributed by atoms with van der Waals surface area (Å²) in [6.45, 7) is 3.03. The monoisotopic (exact) mass is 424 g/mol. The third-order valence-electron chi connectivity index (χ3n) is 5.22. The van der Waals surface area contributed by atoms with Gasteiger partial charge in [0.1, 0.15) is 12.4 Å². The maximum absolute atomic E-state index is 14.6. The maximum Gasteiger partial charge on any atom is 0.201 e. The molecule has 4 heteroatoms. The van der Waals surface area contributed by atoms with Crippen molar-refractivity contribution in [3.8, 4) is 22.6 Å². The van der Waals surface area contributed by atoms with Gasteiger partial charge < -0.3 is 9.47 Å². The third-order valence-corrected chi connectivity index (χ3v) is 5.22. The molecule has 0 amide bonds. The summed E-state index contributed by atoms with van der Waals surface area (Å²) in [6.07, 6.45) is 6.69. The van der Waals surface area contributed by atoms with E-state index in [1.165, 1.54) is 25.3 Å². The highest BCUT2D eigenvalue weighted by Crippen LogP contribution is 2.31. The lowest BCUT2D eigenvalue weighted by molar-refractivity contribution is 0.285. The van der Waals surface area contributed by atoms with Gasteiger partial charge in [-0.15, -0.1) is 0 Å². The van der Waals surface area contributed by atoms with Crippen LogP contribution in [0.4, 0.5) is 8.78 Å². The number of ether oxygens (including phenoxy) is 2. The lowest BCUT2D eigenvalue weighted by atomic mass is 10.0. The number of unbranched alkanes of at least 4 members (excludes halogenated alkanes) is 5. The highest BCUT2D eigenvalue weighted by Gasteiger charge is 2.16. The molecule has 0 aliphatic heterocycles. The van der Waals surface area contributed by atoms with Gasteiger partial charge in [-0.05, 0) is 41.8 Å². The maximum atomic E-state index is 14.6. The van der Waals surface area contributed by atoms with Crippen molar-refractivity contribution < 1.29 is 18.3 Å². The molecule has 0 radical (unpaired) electrons. The molecule has 0 heterocycles. The van der Waals surface area contributed by atoms with Crippen molar-refractivity contribution >= 4 is 0 Å².